The van der Waals surface area contributed by atoms with Crippen molar-refractivity contribution in [1.29, 1.82) is 0 Å². The number of hydrogen-bond donors (Lipinski definition) is 2. The van der Waals surface area contributed by atoms with Crippen LogP contribution in [-0.4, -0.2) is 22.5 Å². The number of nitrogens with one attached hydrogen (secondary N) is 1. The van der Waals surface area contributed by atoms with Crippen LogP contribution in [-0.2, 0) is 4.79 Å². The smallest absolute Gasteiger partial charge is 0.311 e. The van der Waals surface area contributed by atoms with Gasteiger partial charge in [-0.25, -0.2) is 4.39 Å². The molecule has 0 radical (unpaired) electrons. The molecule has 0 atom stereocenters. The van der Waals surface area contributed by atoms with Crippen molar-refractivity contribution < 1.29 is 19.2 Å². The maximum Gasteiger partial charge on any atom is 0.311 e. The van der Waals surface area contributed by atoms with E-state index in [0.29, 0.717) is 12.8 Å². The van der Waals surface area contributed by atoms with E-state index in [0.717, 1.165) is 18.9 Å². The Bertz CT molecular complexity index is 588. The van der Waals surface area contributed by atoms with Gasteiger partial charge in [0.05, 0.1) is 20.9 Å². The Morgan fingerprint density at radius 1 is 1.48 bits per heavy atom. The minimum Gasteiger partial charge on any atom is -0.481 e. The molecule has 0 aliphatic heterocycles. The zero-order valence-electron chi connectivity index (χ0n) is 11.1. The van der Waals surface area contributed by atoms with Gasteiger partial charge in [0, 0.05) is 6.54 Å². The van der Waals surface area contributed by atoms with Gasteiger partial charge < -0.3 is 10.4 Å². The lowest BCUT2D eigenvalue weighted by molar-refractivity contribution is -0.384. The number of nitro groups is 1. The first-order valence-corrected chi connectivity index (χ1v) is 7.26. The Morgan fingerprint density at radius 3 is 2.62 bits per heavy atom. The summed E-state index contributed by atoms with van der Waals surface area (Å²) >= 11 is 2.97. The monoisotopic (exact) mass is 360 g/mol. The van der Waals surface area contributed by atoms with Gasteiger partial charge in [0.25, 0.3) is 5.69 Å². The first-order valence-electron chi connectivity index (χ1n) is 6.46. The van der Waals surface area contributed by atoms with Gasteiger partial charge in [-0.1, -0.05) is 12.8 Å². The van der Waals surface area contributed by atoms with Gasteiger partial charge >= 0.3 is 5.97 Å². The average molecular weight is 361 g/mol. The second-order valence-corrected chi connectivity index (χ2v) is 6.04. The van der Waals surface area contributed by atoms with Crippen molar-refractivity contribution in [2.75, 3.05) is 11.9 Å². The van der Waals surface area contributed by atoms with E-state index in [1.807, 2.05) is 0 Å². The highest BCUT2D eigenvalue weighted by molar-refractivity contribution is 9.10. The number of nitrogens with zero attached hydrogens (tertiary/aromatic N) is 1. The molecule has 0 unspecified atom stereocenters. The number of aliphatic carboxylic acids is 1. The molecule has 114 valence electrons. The molecule has 1 aliphatic carbocycles. The Hall–Kier alpha value is -1.70. The highest BCUT2D eigenvalue weighted by Crippen LogP contribution is 2.39. The van der Waals surface area contributed by atoms with Crippen LogP contribution in [0.2, 0.25) is 0 Å². The summed E-state index contributed by atoms with van der Waals surface area (Å²) in [6.07, 6.45) is 2.71. The largest absolute Gasteiger partial charge is 0.481 e. The van der Waals surface area contributed by atoms with Gasteiger partial charge in [0.15, 0.2) is 0 Å². The molecule has 0 heterocycles. The molecule has 1 aromatic carbocycles. The van der Waals surface area contributed by atoms with Crippen molar-refractivity contribution in [3.63, 3.8) is 0 Å². The van der Waals surface area contributed by atoms with Crippen LogP contribution < -0.4 is 5.32 Å². The van der Waals surface area contributed by atoms with E-state index in [1.54, 1.807) is 0 Å². The van der Waals surface area contributed by atoms with E-state index in [9.17, 15) is 24.4 Å². The molecular formula is C13H14BrFN2O4. The second kappa shape index (κ2) is 5.97. The molecule has 2 N–H and O–H groups in total. The molecule has 0 amide bonds. The quantitative estimate of drug-likeness (QED) is 0.618. The lowest BCUT2D eigenvalue weighted by Crippen LogP contribution is -2.35. The summed E-state index contributed by atoms with van der Waals surface area (Å²) in [5.41, 5.74) is -1.20. The normalized spacial score (nSPS) is 16.7. The number of rotatable bonds is 5. The number of anilines is 1. The molecule has 2 rings (SSSR count). The maximum atomic E-state index is 13.4. The van der Waals surface area contributed by atoms with Crippen LogP contribution in [0.3, 0.4) is 0 Å². The van der Waals surface area contributed by atoms with Crippen LogP contribution >= 0.6 is 15.9 Å². The summed E-state index contributed by atoms with van der Waals surface area (Å²) < 4.78 is 13.5. The summed E-state index contributed by atoms with van der Waals surface area (Å²) in [6, 6.07) is 2.08. The molecule has 0 spiro atoms. The van der Waals surface area contributed by atoms with Gasteiger partial charge in [0.1, 0.15) is 11.5 Å². The van der Waals surface area contributed by atoms with Gasteiger partial charge in [-0.2, -0.15) is 0 Å². The third-order valence-corrected chi connectivity index (χ3v) is 4.47. The van der Waals surface area contributed by atoms with Crippen molar-refractivity contribution in [3.05, 3.63) is 32.5 Å². The molecule has 1 aliphatic rings. The highest BCUT2D eigenvalue weighted by Gasteiger charge is 2.41. The molecule has 0 saturated heterocycles. The van der Waals surface area contributed by atoms with Crippen molar-refractivity contribution in [3.8, 4) is 0 Å². The number of nitro benzene ring substituents is 1. The predicted molar refractivity (Wildman–Crippen MR) is 77.8 cm³/mol. The van der Waals surface area contributed by atoms with Gasteiger partial charge in [-0.15, -0.1) is 0 Å². The molecule has 21 heavy (non-hydrogen) atoms. The molecule has 1 saturated carbocycles. The van der Waals surface area contributed by atoms with E-state index in [4.69, 9.17) is 0 Å². The van der Waals surface area contributed by atoms with Crippen molar-refractivity contribution >= 4 is 33.3 Å². The number of carbonyl (C=O) groups is 1. The molecule has 1 aromatic rings. The SMILES string of the molecule is O=C(O)C1(CNc2cc(Br)c(F)cc2[N+](=O)[O-])CCCC1. The summed E-state index contributed by atoms with van der Waals surface area (Å²) in [4.78, 5) is 21.7. The Kier molecular flexibility index (Phi) is 4.46. The number of carboxylic acid groups (broad SMARTS) is 1. The summed E-state index contributed by atoms with van der Waals surface area (Å²) in [5.74, 6) is -1.64. The van der Waals surface area contributed by atoms with E-state index >= 15 is 0 Å². The fraction of sp³-hybridized carbons (Fsp3) is 0.462. The van der Waals surface area contributed by atoms with Crippen LogP contribution in [0.1, 0.15) is 25.7 Å². The van der Waals surface area contributed by atoms with Gasteiger partial charge in [-0.05, 0) is 34.8 Å². The van der Waals surface area contributed by atoms with Crippen molar-refractivity contribution in [2.24, 2.45) is 5.41 Å². The van der Waals surface area contributed by atoms with Crippen molar-refractivity contribution in [2.45, 2.75) is 25.7 Å². The first kappa shape index (κ1) is 15.7. The fourth-order valence-corrected chi connectivity index (χ4v) is 2.95. The third kappa shape index (κ3) is 3.15. The van der Waals surface area contributed by atoms with Crippen molar-refractivity contribution in [1.82, 2.24) is 0 Å². The Labute approximate surface area is 128 Å². The highest BCUT2D eigenvalue weighted by atomic mass is 79.9. The van der Waals surface area contributed by atoms with Crippen LogP contribution in [0, 0.1) is 21.3 Å². The Morgan fingerprint density at radius 2 is 2.10 bits per heavy atom. The Balaban J connectivity index is 2.25. The number of hydrogen-bond acceptors (Lipinski definition) is 4. The maximum absolute atomic E-state index is 13.4. The second-order valence-electron chi connectivity index (χ2n) is 5.19. The predicted octanol–water partition coefficient (Wildman–Crippen LogP) is 3.55. The summed E-state index contributed by atoms with van der Waals surface area (Å²) in [6.45, 7) is 0.0846. The lowest BCUT2D eigenvalue weighted by Gasteiger charge is -2.24. The molecule has 0 bridgehead atoms. The zero-order valence-corrected chi connectivity index (χ0v) is 12.7. The number of carboxylic acids is 1. The standard InChI is InChI=1S/C13H14BrFN2O4/c14-8-5-10(11(17(20)21)6-9(8)15)16-7-13(12(18)19)3-1-2-4-13/h5-6,16H,1-4,7H2,(H,18,19). The number of halogens is 2. The molecule has 8 heteroatoms. The average Bonchev–Trinajstić information content (AvgIpc) is 2.89. The molecule has 0 aromatic heterocycles. The molecular weight excluding hydrogens is 347 g/mol. The summed E-state index contributed by atoms with van der Waals surface area (Å²) in [5, 5.41) is 23.1. The van der Waals surface area contributed by atoms with Crippen LogP contribution in [0.25, 0.3) is 0 Å². The zero-order chi connectivity index (χ0) is 15.6. The summed E-state index contributed by atoms with van der Waals surface area (Å²) in [7, 11) is 0. The van der Waals surface area contributed by atoms with Crippen LogP contribution in [0.15, 0.2) is 16.6 Å². The van der Waals surface area contributed by atoms with Gasteiger partial charge in [0.2, 0.25) is 0 Å². The molecule has 1 fully saturated rings. The van der Waals surface area contributed by atoms with E-state index in [1.165, 1.54) is 6.07 Å². The molecule has 6 nitrogen and oxygen atoms in total. The fourth-order valence-electron chi connectivity index (χ4n) is 2.61. The van der Waals surface area contributed by atoms with Crippen LogP contribution in [0.4, 0.5) is 15.8 Å². The van der Waals surface area contributed by atoms with Crippen LogP contribution in [0.5, 0.6) is 0 Å². The lowest BCUT2D eigenvalue weighted by atomic mass is 9.86. The van der Waals surface area contributed by atoms with E-state index in [-0.39, 0.29) is 16.7 Å². The topological polar surface area (TPSA) is 92.5 Å². The third-order valence-electron chi connectivity index (χ3n) is 3.87. The minimum atomic E-state index is -0.908. The first-order chi connectivity index (χ1) is 9.85. The van der Waals surface area contributed by atoms with E-state index in [2.05, 4.69) is 21.2 Å². The van der Waals surface area contributed by atoms with E-state index < -0.39 is 27.8 Å². The minimum absolute atomic E-state index is 0.0846. The number of benzene rings is 1. The van der Waals surface area contributed by atoms with Gasteiger partial charge in [-0.3, -0.25) is 14.9 Å².